The second-order valence-electron chi connectivity index (χ2n) is 7.89. The zero-order chi connectivity index (χ0) is 23.8. The highest BCUT2D eigenvalue weighted by molar-refractivity contribution is 6.33. The number of hydrogen-bond acceptors (Lipinski definition) is 4. The fraction of sp³-hybridized carbons (Fsp3) is 0.259. The molecular formula is C27H28ClN3O3. The SMILES string of the molecule is COc1cccc(OCCCn2c(CCCNC(=O)c3ccccc3Cl)nc3ccccc32)c1. The van der Waals surface area contributed by atoms with E-state index in [-0.39, 0.29) is 5.91 Å². The average molecular weight is 478 g/mol. The van der Waals surface area contributed by atoms with Gasteiger partial charge in [0.2, 0.25) is 0 Å². The molecule has 0 spiro atoms. The normalized spacial score (nSPS) is 10.9. The predicted molar refractivity (Wildman–Crippen MR) is 135 cm³/mol. The molecule has 0 bridgehead atoms. The summed E-state index contributed by atoms with van der Waals surface area (Å²) in [5.74, 6) is 2.43. The van der Waals surface area contributed by atoms with E-state index in [9.17, 15) is 4.79 Å². The number of ether oxygens (including phenoxy) is 2. The lowest BCUT2D eigenvalue weighted by Crippen LogP contribution is -2.25. The molecule has 6 nitrogen and oxygen atoms in total. The molecular weight excluding hydrogens is 450 g/mol. The second kappa shape index (κ2) is 11.6. The third kappa shape index (κ3) is 5.88. The molecule has 1 amide bonds. The molecule has 1 N–H and O–H groups in total. The van der Waals surface area contributed by atoms with Crippen molar-refractivity contribution in [3.05, 3.63) is 89.2 Å². The van der Waals surface area contributed by atoms with Gasteiger partial charge in [0.15, 0.2) is 0 Å². The van der Waals surface area contributed by atoms with E-state index >= 15 is 0 Å². The predicted octanol–water partition coefficient (Wildman–Crippen LogP) is 5.53. The number of rotatable bonds is 11. The van der Waals surface area contributed by atoms with Crippen LogP contribution in [-0.4, -0.2) is 35.7 Å². The second-order valence-corrected chi connectivity index (χ2v) is 8.30. The maximum absolute atomic E-state index is 12.4. The summed E-state index contributed by atoms with van der Waals surface area (Å²) < 4.78 is 13.4. The van der Waals surface area contributed by atoms with Crippen molar-refractivity contribution in [3.8, 4) is 11.5 Å². The van der Waals surface area contributed by atoms with Gasteiger partial charge in [-0.2, -0.15) is 0 Å². The van der Waals surface area contributed by atoms with Gasteiger partial charge in [-0.15, -0.1) is 0 Å². The number of carbonyl (C=O) groups excluding carboxylic acids is 1. The van der Waals surface area contributed by atoms with Gasteiger partial charge in [-0.1, -0.05) is 41.9 Å². The molecule has 34 heavy (non-hydrogen) atoms. The molecule has 0 atom stereocenters. The van der Waals surface area contributed by atoms with Crippen LogP contribution in [0.5, 0.6) is 11.5 Å². The van der Waals surface area contributed by atoms with Crippen LogP contribution in [-0.2, 0) is 13.0 Å². The van der Waals surface area contributed by atoms with E-state index < -0.39 is 0 Å². The number of fused-ring (bicyclic) bond motifs is 1. The van der Waals surface area contributed by atoms with Crippen molar-refractivity contribution < 1.29 is 14.3 Å². The van der Waals surface area contributed by atoms with Crippen LogP contribution in [0.4, 0.5) is 0 Å². The van der Waals surface area contributed by atoms with Gasteiger partial charge in [-0.3, -0.25) is 4.79 Å². The Kier molecular flexibility index (Phi) is 8.04. The number of methoxy groups -OCH3 is 1. The first-order chi connectivity index (χ1) is 16.7. The van der Waals surface area contributed by atoms with Crippen molar-refractivity contribution in [1.82, 2.24) is 14.9 Å². The molecule has 0 aliphatic rings. The van der Waals surface area contributed by atoms with E-state index in [0.29, 0.717) is 23.7 Å². The Bertz CT molecular complexity index is 1250. The number of halogens is 1. The molecule has 1 heterocycles. The van der Waals surface area contributed by atoms with Gasteiger partial charge in [-0.25, -0.2) is 4.98 Å². The number of aromatic nitrogens is 2. The Labute approximate surface area is 204 Å². The summed E-state index contributed by atoms with van der Waals surface area (Å²) in [5, 5.41) is 3.41. The fourth-order valence-electron chi connectivity index (χ4n) is 3.86. The summed E-state index contributed by atoms with van der Waals surface area (Å²) in [4.78, 5) is 17.2. The highest BCUT2D eigenvalue weighted by atomic mass is 35.5. The lowest BCUT2D eigenvalue weighted by atomic mass is 10.2. The van der Waals surface area contributed by atoms with Crippen LogP contribution < -0.4 is 14.8 Å². The molecule has 0 radical (unpaired) electrons. The first-order valence-corrected chi connectivity index (χ1v) is 11.8. The number of benzene rings is 3. The summed E-state index contributed by atoms with van der Waals surface area (Å²) in [6.45, 7) is 1.94. The Hall–Kier alpha value is -3.51. The highest BCUT2D eigenvalue weighted by Gasteiger charge is 2.12. The molecule has 4 aromatic rings. The molecule has 176 valence electrons. The third-order valence-electron chi connectivity index (χ3n) is 5.55. The molecule has 0 saturated carbocycles. The summed E-state index contributed by atoms with van der Waals surface area (Å²) in [7, 11) is 1.65. The highest BCUT2D eigenvalue weighted by Crippen LogP contribution is 2.20. The summed E-state index contributed by atoms with van der Waals surface area (Å²) in [5.41, 5.74) is 2.58. The fourth-order valence-corrected chi connectivity index (χ4v) is 4.08. The zero-order valence-electron chi connectivity index (χ0n) is 19.2. The van der Waals surface area contributed by atoms with Crippen LogP contribution in [0.25, 0.3) is 11.0 Å². The molecule has 0 aliphatic carbocycles. The zero-order valence-corrected chi connectivity index (χ0v) is 19.9. The van der Waals surface area contributed by atoms with Crippen LogP contribution in [0, 0.1) is 0 Å². The minimum absolute atomic E-state index is 0.159. The Morgan fingerprint density at radius 3 is 2.65 bits per heavy atom. The maximum atomic E-state index is 12.4. The molecule has 0 aliphatic heterocycles. The number of imidazole rings is 1. The lowest BCUT2D eigenvalue weighted by Gasteiger charge is -2.11. The van der Waals surface area contributed by atoms with Crippen molar-refractivity contribution in [2.75, 3.05) is 20.3 Å². The number of nitrogens with one attached hydrogen (secondary N) is 1. The van der Waals surface area contributed by atoms with Crippen molar-refractivity contribution >= 4 is 28.5 Å². The van der Waals surface area contributed by atoms with Gasteiger partial charge in [0.1, 0.15) is 17.3 Å². The van der Waals surface area contributed by atoms with E-state index in [1.807, 2.05) is 48.5 Å². The number of carbonyl (C=O) groups is 1. The van der Waals surface area contributed by atoms with Crippen molar-refractivity contribution in [2.45, 2.75) is 25.8 Å². The Balaban J connectivity index is 1.33. The molecule has 7 heteroatoms. The third-order valence-corrected chi connectivity index (χ3v) is 5.88. The molecule has 0 unspecified atom stereocenters. The standard InChI is InChI=1S/C27H28ClN3O3/c1-33-20-9-6-10-21(19-20)34-18-8-17-31-25-14-5-4-13-24(25)30-26(31)15-7-16-29-27(32)22-11-2-3-12-23(22)28/h2-6,9-14,19H,7-8,15-18H2,1H3,(H,29,32). The van der Waals surface area contributed by atoms with Crippen LogP contribution in [0.2, 0.25) is 5.02 Å². The Morgan fingerprint density at radius 2 is 1.79 bits per heavy atom. The monoisotopic (exact) mass is 477 g/mol. The van der Waals surface area contributed by atoms with Gasteiger partial charge < -0.3 is 19.4 Å². The Morgan fingerprint density at radius 1 is 1.00 bits per heavy atom. The van der Waals surface area contributed by atoms with Gasteiger partial charge in [0.05, 0.1) is 35.3 Å². The van der Waals surface area contributed by atoms with E-state index in [1.165, 1.54) is 0 Å². The van der Waals surface area contributed by atoms with E-state index in [4.69, 9.17) is 26.1 Å². The van der Waals surface area contributed by atoms with Crippen molar-refractivity contribution in [3.63, 3.8) is 0 Å². The molecule has 0 saturated heterocycles. The maximum Gasteiger partial charge on any atom is 0.252 e. The summed E-state index contributed by atoms with van der Waals surface area (Å²) in [6.07, 6.45) is 2.38. The topological polar surface area (TPSA) is 65.4 Å². The number of hydrogen-bond donors (Lipinski definition) is 1. The van der Waals surface area contributed by atoms with Crippen LogP contribution in [0.3, 0.4) is 0 Å². The van der Waals surface area contributed by atoms with Crippen LogP contribution in [0.15, 0.2) is 72.8 Å². The molecule has 4 rings (SSSR count). The van der Waals surface area contributed by atoms with Crippen molar-refractivity contribution in [1.29, 1.82) is 0 Å². The number of para-hydroxylation sites is 2. The van der Waals surface area contributed by atoms with E-state index in [2.05, 4.69) is 16.0 Å². The first kappa shape index (κ1) is 23.6. The largest absolute Gasteiger partial charge is 0.497 e. The minimum atomic E-state index is -0.159. The number of amides is 1. The smallest absolute Gasteiger partial charge is 0.252 e. The van der Waals surface area contributed by atoms with Crippen LogP contribution >= 0.6 is 11.6 Å². The van der Waals surface area contributed by atoms with Gasteiger partial charge in [0.25, 0.3) is 5.91 Å². The quantitative estimate of drug-likeness (QED) is 0.288. The summed E-state index contributed by atoms with van der Waals surface area (Å²) in [6, 6.07) is 22.8. The van der Waals surface area contributed by atoms with Crippen molar-refractivity contribution in [2.24, 2.45) is 0 Å². The molecule has 0 fully saturated rings. The van der Waals surface area contributed by atoms with Gasteiger partial charge >= 0.3 is 0 Å². The number of aryl methyl sites for hydroxylation is 2. The number of nitrogens with zero attached hydrogens (tertiary/aromatic N) is 2. The van der Waals surface area contributed by atoms with Crippen LogP contribution in [0.1, 0.15) is 29.0 Å². The molecule has 1 aromatic heterocycles. The first-order valence-electron chi connectivity index (χ1n) is 11.4. The van der Waals surface area contributed by atoms with Gasteiger partial charge in [0, 0.05) is 25.6 Å². The summed E-state index contributed by atoms with van der Waals surface area (Å²) >= 11 is 6.12. The van der Waals surface area contributed by atoms with E-state index in [0.717, 1.165) is 54.2 Å². The lowest BCUT2D eigenvalue weighted by molar-refractivity contribution is 0.0953. The van der Waals surface area contributed by atoms with E-state index in [1.54, 1.807) is 25.3 Å². The average Bonchev–Trinajstić information content (AvgIpc) is 3.22. The molecule has 3 aromatic carbocycles. The minimum Gasteiger partial charge on any atom is -0.497 e. The van der Waals surface area contributed by atoms with Gasteiger partial charge in [-0.05, 0) is 49.2 Å².